The molecule has 0 aliphatic rings. The van der Waals surface area contributed by atoms with E-state index in [1.807, 2.05) is 13.0 Å². The highest BCUT2D eigenvalue weighted by Gasteiger charge is 2.30. The van der Waals surface area contributed by atoms with Gasteiger partial charge in [-0.25, -0.2) is 9.97 Å². The van der Waals surface area contributed by atoms with E-state index in [4.69, 9.17) is 0 Å². The summed E-state index contributed by atoms with van der Waals surface area (Å²) in [4.78, 5) is 8.67. The van der Waals surface area contributed by atoms with Gasteiger partial charge in [0, 0.05) is 11.8 Å². The smallest absolute Gasteiger partial charge is 0.330 e. The normalized spacial score (nSPS) is 11.5. The van der Waals surface area contributed by atoms with Gasteiger partial charge in [-0.15, -0.1) is 11.3 Å². The average Bonchev–Trinajstić information content (AvgIpc) is 2.98. The number of hydrogen-bond acceptors (Lipinski definition) is 4. The summed E-state index contributed by atoms with van der Waals surface area (Å²) >= 11 is 1.42. The number of hydrogen-bond donors (Lipinski definition) is 1. The van der Waals surface area contributed by atoms with Gasteiger partial charge in [0.15, 0.2) is 0 Å². The van der Waals surface area contributed by atoms with Crippen molar-refractivity contribution in [2.24, 2.45) is 0 Å². The van der Waals surface area contributed by atoms with Gasteiger partial charge < -0.3 is 5.32 Å². The van der Waals surface area contributed by atoms with Crippen molar-refractivity contribution in [3.8, 4) is 11.3 Å². The molecule has 0 aliphatic carbocycles. The third-order valence-electron chi connectivity index (χ3n) is 3.34. The van der Waals surface area contributed by atoms with E-state index in [0.717, 1.165) is 17.1 Å². The molecule has 0 radical (unpaired) electrons. The number of alkyl halides is 3. The molecule has 2 aromatic heterocycles. The third kappa shape index (κ3) is 3.56. The zero-order valence-electron chi connectivity index (χ0n) is 12.8. The van der Waals surface area contributed by atoms with Gasteiger partial charge in [0.1, 0.15) is 16.5 Å². The number of nitrogens with zero attached hydrogens (tertiary/aromatic N) is 2. The lowest BCUT2D eigenvalue weighted by molar-refractivity contribution is -0.137. The average molecular weight is 349 g/mol. The predicted molar refractivity (Wildman–Crippen MR) is 89.4 cm³/mol. The first kappa shape index (κ1) is 16.4. The summed E-state index contributed by atoms with van der Waals surface area (Å²) in [5.41, 5.74) is 0.252. The fourth-order valence-corrected chi connectivity index (χ4v) is 3.12. The number of thiazole rings is 1. The molecule has 0 unspecified atom stereocenters. The summed E-state index contributed by atoms with van der Waals surface area (Å²) in [6.45, 7) is 1.96. The van der Waals surface area contributed by atoms with Gasteiger partial charge in [-0.1, -0.05) is 25.1 Å². The lowest BCUT2D eigenvalue weighted by atomic mass is 10.1. The highest BCUT2D eigenvalue weighted by atomic mass is 32.1. The Morgan fingerprint density at radius 3 is 2.62 bits per heavy atom. The minimum Gasteiger partial charge on any atom is -0.330 e. The van der Waals surface area contributed by atoms with Crippen LogP contribution in [0.25, 0.3) is 11.3 Å². The van der Waals surface area contributed by atoms with Crippen LogP contribution in [0, 0.1) is 0 Å². The van der Waals surface area contributed by atoms with Gasteiger partial charge in [-0.05, 0) is 30.7 Å². The molecule has 124 valence electrons. The zero-order chi connectivity index (χ0) is 17.2. The van der Waals surface area contributed by atoms with Gasteiger partial charge in [-0.3, -0.25) is 0 Å². The number of anilines is 2. The number of benzene rings is 1. The number of pyridine rings is 1. The SMILES string of the molecule is CCc1nc(-c2cccc(C(F)(F)F)c2)c(Nc2ccccn2)s1. The largest absolute Gasteiger partial charge is 0.416 e. The Morgan fingerprint density at radius 1 is 1.12 bits per heavy atom. The Labute approximate surface area is 141 Å². The second-order valence-corrected chi connectivity index (χ2v) is 6.14. The van der Waals surface area contributed by atoms with Crippen LogP contribution in [0.4, 0.5) is 24.0 Å². The summed E-state index contributed by atoms with van der Waals surface area (Å²) in [6.07, 6.45) is -2.03. The molecule has 0 saturated carbocycles. The van der Waals surface area contributed by atoms with Crippen LogP contribution in [0.3, 0.4) is 0 Å². The molecule has 24 heavy (non-hydrogen) atoms. The van der Waals surface area contributed by atoms with E-state index in [9.17, 15) is 13.2 Å². The van der Waals surface area contributed by atoms with Crippen molar-refractivity contribution >= 4 is 22.2 Å². The highest BCUT2D eigenvalue weighted by Crippen LogP contribution is 2.38. The molecular weight excluding hydrogens is 335 g/mol. The van der Waals surface area contributed by atoms with E-state index in [0.29, 0.717) is 28.5 Å². The molecule has 1 N–H and O–H groups in total. The van der Waals surface area contributed by atoms with Crippen molar-refractivity contribution in [1.29, 1.82) is 0 Å². The molecule has 0 aliphatic heterocycles. The molecule has 1 aromatic carbocycles. The van der Waals surface area contributed by atoms with Crippen molar-refractivity contribution in [2.75, 3.05) is 5.32 Å². The highest BCUT2D eigenvalue weighted by molar-refractivity contribution is 7.16. The monoisotopic (exact) mass is 349 g/mol. The van der Waals surface area contributed by atoms with Crippen LogP contribution >= 0.6 is 11.3 Å². The van der Waals surface area contributed by atoms with Gasteiger partial charge in [-0.2, -0.15) is 13.2 Å². The van der Waals surface area contributed by atoms with Crippen LogP contribution in [-0.2, 0) is 12.6 Å². The van der Waals surface area contributed by atoms with Crippen LogP contribution < -0.4 is 5.32 Å². The van der Waals surface area contributed by atoms with E-state index in [2.05, 4.69) is 15.3 Å². The Bertz CT molecular complexity index is 829. The van der Waals surface area contributed by atoms with Gasteiger partial charge >= 0.3 is 6.18 Å². The van der Waals surface area contributed by atoms with Gasteiger partial charge in [0.25, 0.3) is 0 Å². The second-order valence-electron chi connectivity index (χ2n) is 5.06. The third-order valence-corrected chi connectivity index (χ3v) is 4.46. The molecule has 0 atom stereocenters. The van der Waals surface area contributed by atoms with Crippen LogP contribution in [-0.4, -0.2) is 9.97 Å². The van der Waals surface area contributed by atoms with Crippen LogP contribution in [0.1, 0.15) is 17.5 Å². The fraction of sp³-hybridized carbons (Fsp3) is 0.176. The summed E-state index contributed by atoms with van der Waals surface area (Å²) in [6, 6.07) is 10.6. The second kappa shape index (κ2) is 6.60. The standard InChI is InChI=1S/C17H14F3N3S/c1-2-14-23-15(11-6-5-7-12(10-11)17(18,19)20)16(24-14)22-13-8-3-4-9-21-13/h3-10H,2H2,1H3,(H,21,22). The van der Waals surface area contributed by atoms with E-state index in [1.54, 1.807) is 24.4 Å². The van der Waals surface area contributed by atoms with E-state index >= 15 is 0 Å². The maximum Gasteiger partial charge on any atom is 0.416 e. The Kier molecular flexibility index (Phi) is 4.53. The van der Waals surface area contributed by atoms with Crippen LogP contribution in [0.2, 0.25) is 0 Å². The maximum absolute atomic E-state index is 13.0. The topological polar surface area (TPSA) is 37.8 Å². The molecule has 2 heterocycles. The maximum atomic E-state index is 13.0. The fourth-order valence-electron chi connectivity index (χ4n) is 2.19. The molecule has 0 saturated heterocycles. The molecule has 0 amide bonds. The lowest BCUT2D eigenvalue weighted by Crippen LogP contribution is -2.04. The van der Waals surface area contributed by atoms with Crippen molar-refractivity contribution in [2.45, 2.75) is 19.5 Å². The Hall–Kier alpha value is -2.41. The van der Waals surface area contributed by atoms with Crippen molar-refractivity contribution in [1.82, 2.24) is 9.97 Å². The Balaban J connectivity index is 2.03. The van der Waals surface area contributed by atoms with Gasteiger partial charge in [0.05, 0.1) is 10.6 Å². The van der Waals surface area contributed by atoms with Crippen molar-refractivity contribution in [3.05, 3.63) is 59.2 Å². The summed E-state index contributed by atoms with van der Waals surface area (Å²) < 4.78 is 38.9. The first-order valence-electron chi connectivity index (χ1n) is 7.32. The molecule has 3 nitrogen and oxygen atoms in total. The van der Waals surface area contributed by atoms with Crippen molar-refractivity contribution < 1.29 is 13.2 Å². The molecule has 3 rings (SSSR count). The number of aromatic nitrogens is 2. The van der Waals surface area contributed by atoms with E-state index in [-0.39, 0.29) is 0 Å². The zero-order valence-corrected chi connectivity index (χ0v) is 13.6. The molecule has 3 aromatic rings. The molecule has 0 bridgehead atoms. The quantitative estimate of drug-likeness (QED) is 0.673. The molecule has 7 heteroatoms. The van der Waals surface area contributed by atoms with Crippen LogP contribution in [0.5, 0.6) is 0 Å². The molecule has 0 fully saturated rings. The number of halogens is 3. The Morgan fingerprint density at radius 2 is 1.96 bits per heavy atom. The number of aryl methyl sites for hydroxylation is 1. The minimum absolute atomic E-state index is 0.430. The number of rotatable bonds is 4. The minimum atomic E-state index is -4.38. The van der Waals surface area contributed by atoms with Crippen molar-refractivity contribution in [3.63, 3.8) is 0 Å². The molecular formula is C17H14F3N3S. The summed E-state index contributed by atoms with van der Waals surface area (Å²) in [5, 5.41) is 4.68. The first-order chi connectivity index (χ1) is 11.5. The predicted octanol–water partition coefficient (Wildman–Crippen LogP) is 5.53. The first-order valence-corrected chi connectivity index (χ1v) is 8.14. The summed E-state index contributed by atoms with van der Waals surface area (Å²) in [7, 11) is 0. The molecule has 0 spiro atoms. The van der Waals surface area contributed by atoms with E-state index < -0.39 is 11.7 Å². The van der Waals surface area contributed by atoms with E-state index in [1.165, 1.54) is 17.4 Å². The van der Waals surface area contributed by atoms with Crippen LogP contribution in [0.15, 0.2) is 48.7 Å². The lowest BCUT2D eigenvalue weighted by Gasteiger charge is -2.09. The number of nitrogens with one attached hydrogen (secondary N) is 1. The van der Waals surface area contributed by atoms with Gasteiger partial charge in [0.2, 0.25) is 0 Å². The summed E-state index contributed by atoms with van der Waals surface area (Å²) in [5.74, 6) is 0.622.